The van der Waals surface area contributed by atoms with Gasteiger partial charge in [-0.1, -0.05) is 23.9 Å². The predicted octanol–water partition coefficient (Wildman–Crippen LogP) is 1.59. The Morgan fingerprint density at radius 1 is 1.61 bits per heavy atom. The molecule has 11 heteroatoms. The van der Waals surface area contributed by atoms with Crippen molar-refractivity contribution in [3.05, 3.63) is 39.9 Å². The van der Waals surface area contributed by atoms with Gasteiger partial charge in [0.15, 0.2) is 0 Å². The molecule has 0 spiro atoms. The average molecular weight is 351 g/mol. The molecule has 0 saturated heterocycles. The zero-order valence-electron chi connectivity index (χ0n) is 12.3. The summed E-state index contributed by atoms with van der Waals surface area (Å²) in [7, 11) is 1.62. The van der Waals surface area contributed by atoms with Crippen LogP contribution in [0.1, 0.15) is 5.56 Å². The van der Waals surface area contributed by atoms with Gasteiger partial charge in [-0.2, -0.15) is 14.8 Å². The highest BCUT2D eigenvalue weighted by molar-refractivity contribution is 7.98. The Kier molecular flexibility index (Phi) is 5.24. The summed E-state index contributed by atoms with van der Waals surface area (Å²) in [6.45, 7) is 0. The second-order valence-corrected chi connectivity index (χ2v) is 5.41. The molecule has 0 amide bonds. The van der Waals surface area contributed by atoms with Crippen LogP contribution in [0.5, 0.6) is 0 Å². The minimum atomic E-state index is -0.467. The van der Waals surface area contributed by atoms with E-state index in [0.717, 1.165) is 0 Å². The fourth-order valence-corrected chi connectivity index (χ4v) is 2.12. The van der Waals surface area contributed by atoms with E-state index in [1.54, 1.807) is 19.2 Å². The molecule has 0 aliphatic carbocycles. The summed E-state index contributed by atoms with van der Waals surface area (Å²) in [6.07, 6.45) is 3.29. The van der Waals surface area contributed by atoms with Crippen molar-refractivity contribution >= 4 is 46.9 Å². The number of aromatic nitrogens is 3. The summed E-state index contributed by atoms with van der Waals surface area (Å²) in [5.74, 6) is 0.164. The van der Waals surface area contributed by atoms with Crippen molar-refractivity contribution < 1.29 is 4.92 Å². The molecule has 9 nitrogen and oxygen atoms in total. The van der Waals surface area contributed by atoms with Crippen molar-refractivity contribution in [2.24, 2.45) is 5.10 Å². The van der Waals surface area contributed by atoms with Crippen LogP contribution in [0.15, 0.2) is 34.5 Å². The van der Waals surface area contributed by atoms with Crippen LogP contribution < -0.4 is 5.73 Å². The lowest BCUT2D eigenvalue weighted by Crippen LogP contribution is -2.28. The molecule has 2 N–H and O–H groups in total. The first-order valence-electron chi connectivity index (χ1n) is 6.25. The van der Waals surface area contributed by atoms with E-state index < -0.39 is 4.92 Å². The molecule has 0 bridgehead atoms. The molecular formula is C12H13N7O2S2. The predicted molar refractivity (Wildman–Crippen MR) is 92.7 cm³/mol. The van der Waals surface area contributed by atoms with Gasteiger partial charge in [0.2, 0.25) is 16.2 Å². The van der Waals surface area contributed by atoms with Crippen LogP contribution in [0.2, 0.25) is 0 Å². The fourth-order valence-electron chi connectivity index (χ4n) is 1.59. The van der Waals surface area contributed by atoms with Gasteiger partial charge < -0.3 is 5.73 Å². The fraction of sp³-hybridized carbons (Fsp3) is 0.167. The summed E-state index contributed by atoms with van der Waals surface area (Å²) in [4.78, 5) is 14.3. The van der Waals surface area contributed by atoms with Crippen molar-refractivity contribution in [1.29, 1.82) is 0 Å². The lowest BCUT2D eigenvalue weighted by Gasteiger charge is -2.13. The highest BCUT2D eigenvalue weighted by atomic mass is 32.2. The maximum Gasteiger partial charge on any atom is 0.270 e. The quantitative estimate of drug-likeness (QED) is 0.290. The number of hydrazone groups is 1. The molecule has 23 heavy (non-hydrogen) atoms. The second-order valence-electron chi connectivity index (χ2n) is 4.27. The van der Waals surface area contributed by atoms with Crippen LogP contribution in [0.3, 0.4) is 0 Å². The zero-order chi connectivity index (χ0) is 17.0. The van der Waals surface area contributed by atoms with Gasteiger partial charge in [-0.25, -0.2) is 5.01 Å². The van der Waals surface area contributed by atoms with Gasteiger partial charge in [-0.05, 0) is 18.5 Å². The number of non-ortho nitro benzene ring substituents is 1. The molecular weight excluding hydrogens is 338 g/mol. The van der Waals surface area contributed by atoms with Gasteiger partial charge in [0.1, 0.15) is 0 Å². The molecule has 1 aromatic carbocycles. The Morgan fingerprint density at radius 2 is 2.35 bits per heavy atom. The van der Waals surface area contributed by atoms with Gasteiger partial charge in [-0.3, -0.25) is 10.1 Å². The highest BCUT2D eigenvalue weighted by Crippen LogP contribution is 2.13. The van der Waals surface area contributed by atoms with Crippen LogP contribution in [-0.4, -0.2) is 49.3 Å². The molecule has 0 radical (unpaired) electrons. The lowest BCUT2D eigenvalue weighted by molar-refractivity contribution is -0.384. The van der Waals surface area contributed by atoms with Crippen molar-refractivity contribution in [1.82, 2.24) is 19.8 Å². The molecule has 0 aliphatic rings. The number of nitro benzene ring substituents is 1. The number of rotatable bonds is 4. The first-order valence-corrected chi connectivity index (χ1v) is 7.88. The van der Waals surface area contributed by atoms with E-state index >= 15 is 0 Å². The van der Waals surface area contributed by atoms with Crippen LogP contribution in [0.25, 0.3) is 0 Å². The lowest BCUT2D eigenvalue weighted by atomic mass is 10.2. The van der Waals surface area contributed by atoms with Gasteiger partial charge in [0.25, 0.3) is 5.69 Å². The Bertz CT molecular complexity index is 775. The van der Waals surface area contributed by atoms with Crippen LogP contribution >= 0.6 is 24.0 Å². The monoisotopic (exact) mass is 351 g/mol. The molecule has 1 aromatic heterocycles. The minimum Gasteiger partial charge on any atom is -0.368 e. The second kappa shape index (κ2) is 7.15. The molecule has 120 valence electrons. The Balaban J connectivity index is 2.15. The van der Waals surface area contributed by atoms with E-state index in [4.69, 9.17) is 18.0 Å². The normalized spacial score (nSPS) is 10.9. The third kappa shape index (κ3) is 4.02. The first-order chi connectivity index (χ1) is 10.9. The number of hydrogen-bond acceptors (Lipinski definition) is 8. The molecule has 1 heterocycles. The largest absolute Gasteiger partial charge is 0.368 e. The number of nitro groups is 1. The molecule has 0 fully saturated rings. The topological polar surface area (TPSA) is 115 Å². The number of hydrogen-bond donors (Lipinski definition) is 1. The maximum atomic E-state index is 10.7. The molecule has 2 aromatic rings. The summed E-state index contributed by atoms with van der Waals surface area (Å²) in [5, 5.41) is 21.1. The van der Waals surface area contributed by atoms with E-state index in [-0.39, 0.29) is 16.7 Å². The van der Waals surface area contributed by atoms with Crippen LogP contribution in [0, 0.1) is 10.1 Å². The zero-order valence-corrected chi connectivity index (χ0v) is 13.9. The summed E-state index contributed by atoms with van der Waals surface area (Å²) in [6, 6.07) is 6.10. The van der Waals surface area contributed by atoms with Gasteiger partial charge in [0.05, 0.1) is 11.1 Å². The molecule has 2 rings (SSSR count). The molecule has 0 atom stereocenters. The van der Waals surface area contributed by atoms with E-state index in [2.05, 4.69) is 15.2 Å². The van der Waals surface area contributed by atoms with Crippen molar-refractivity contribution in [3.8, 4) is 0 Å². The van der Waals surface area contributed by atoms with E-state index in [1.165, 1.54) is 39.8 Å². The van der Waals surface area contributed by atoms with E-state index in [9.17, 15) is 10.1 Å². The Labute approximate surface area is 141 Å². The Morgan fingerprint density at radius 3 is 2.96 bits per heavy atom. The third-order valence-corrected chi connectivity index (χ3v) is 3.69. The van der Waals surface area contributed by atoms with Crippen LogP contribution in [-0.2, 0) is 0 Å². The third-order valence-electron chi connectivity index (χ3n) is 2.71. The molecule has 0 saturated carbocycles. The van der Waals surface area contributed by atoms with E-state index in [1.807, 2.05) is 6.26 Å². The SMILES string of the molecule is CSc1nc(N)n(C(=S)N(C)/N=C/c2cccc([N+](=O)[O-])c2)n1. The minimum absolute atomic E-state index is 0.00990. The number of thiocarbonyl (C=S) groups is 1. The summed E-state index contributed by atoms with van der Waals surface area (Å²) < 4.78 is 1.30. The Hall–Kier alpha value is -2.53. The smallest absolute Gasteiger partial charge is 0.270 e. The van der Waals surface area contributed by atoms with Crippen molar-refractivity contribution in [2.75, 3.05) is 19.0 Å². The number of anilines is 1. The molecule has 0 aliphatic heterocycles. The number of nitrogen functional groups attached to an aromatic ring is 1. The number of nitrogens with zero attached hydrogens (tertiary/aromatic N) is 6. The van der Waals surface area contributed by atoms with Gasteiger partial charge in [0, 0.05) is 24.7 Å². The summed E-state index contributed by atoms with van der Waals surface area (Å²) >= 11 is 6.59. The van der Waals surface area contributed by atoms with Gasteiger partial charge >= 0.3 is 0 Å². The first kappa shape index (κ1) is 16.8. The highest BCUT2D eigenvalue weighted by Gasteiger charge is 2.13. The van der Waals surface area contributed by atoms with Crippen molar-refractivity contribution in [3.63, 3.8) is 0 Å². The number of benzene rings is 1. The summed E-state index contributed by atoms with van der Waals surface area (Å²) in [5.41, 5.74) is 6.32. The average Bonchev–Trinajstić information content (AvgIpc) is 2.93. The molecule has 0 unspecified atom stereocenters. The van der Waals surface area contributed by atoms with Crippen molar-refractivity contribution in [2.45, 2.75) is 5.16 Å². The standard InChI is InChI=1S/C12H13N7O2S2/c1-17(12(22)18-10(13)15-11(16-18)23-2)14-7-8-4-3-5-9(6-8)19(20)21/h3-7H,1-2H3,(H2,13,15,16)/b14-7+. The number of nitrogens with two attached hydrogens (primary N) is 1. The maximum absolute atomic E-state index is 10.7. The number of thioether (sulfide) groups is 1. The van der Waals surface area contributed by atoms with Crippen LogP contribution in [0.4, 0.5) is 11.6 Å². The van der Waals surface area contributed by atoms with Gasteiger partial charge in [-0.15, -0.1) is 5.10 Å². The van der Waals surface area contributed by atoms with E-state index in [0.29, 0.717) is 10.7 Å².